The lowest BCUT2D eigenvalue weighted by Gasteiger charge is -2.22. The van der Waals surface area contributed by atoms with Crippen molar-refractivity contribution in [1.82, 2.24) is 5.32 Å². The van der Waals surface area contributed by atoms with Gasteiger partial charge in [0.15, 0.2) is 0 Å². The lowest BCUT2D eigenvalue weighted by molar-refractivity contribution is 0.360. The van der Waals surface area contributed by atoms with Crippen molar-refractivity contribution in [2.45, 2.75) is 45.1 Å². The van der Waals surface area contributed by atoms with Gasteiger partial charge in [-0.3, -0.25) is 0 Å². The van der Waals surface area contributed by atoms with Crippen molar-refractivity contribution >= 4 is 11.8 Å². The SMILES string of the molecule is CC(NCC1CCSC1)C1CCCC1. The van der Waals surface area contributed by atoms with Crippen LogP contribution in [0.4, 0.5) is 0 Å². The molecule has 2 heteroatoms. The first-order chi connectivity index (χ1) is 6.86. The first-order valence-corrected chi connectivity index (χ1v) is 7.33. The van der Waals surface area contributed by atoms with Gasteiger partial charge in [-0.15, -0.1) is 0 Å². The van der Waals surface area contributed by atoms with E-state index in [0.717, 1.165) is 17.9 Å². The van der Waals surface area contributed by atoms with Crippen LogP contribution in [-0.4, -0.2) is 24.1 Å². The highest BCUT2D eigenvalue weighted by Crippen LogP contribution is 2.28. The molecule has 0 aromatic heterocycles. The molecule has 2 fully saturated rings. The van der Waals surface area contributed by atoms with Crippen LogP contribution in [0, 0.1) is 11.8 Å². The second-order valence-corrected chi connectivity index (χ2v) is 6.12. The predicted molar refractivity (Wildman–Crippen MR) is 64.9 cm³/mol. The van der Waals surface area contributed by atoms with Gasteiger partial charge < -0.3 is 5.32 Å². The molecule has 2 rings (SSSR count). The summed E-state index contributed by atoms with van der Waals surface area (Å²) in [4.78, 5) is 0. The number of hydrogen-bond donors (Lipinski definition) is 1. The molecular formula is C12H23NS. The van der Waals surface area contributed by atoms with Gasteiger partial charge in [0, 0.05) is 6.04 Å². The highest BCUT2D eigenvalue weighted by atomic mass is 32.2. The molecule has 1 N–H and O–H groups in total. The van der Waals surface area contributed by atoms with Crippen molar-refractivity contribution in [3.63, 3.8) is 0 Å². The van der Waals surface area contributed by atoms with E-state index in [1.165, 1.54) is 50.2 Å². The third kappa shape index (κ3) is 2.90. The topological polar surface area (TPSA) is 12.0 Å². The molecule has 0 aromatic rings. The average molecular weight is 213 g/mol. The summed E-state index contributed by atoms with van der Waals surface area (Å²) in [5.41, 5.74) is 0. The largest absolute Gasteiger partial charge is 0.314 e. The third-order valence-corrected chi connectivity index (χ3v) is 5.09. The van der Waals surface area contributed by atoms with E-state index in [4.69, 9.17) is 0 Å². The highest BCUT2D eigenvalue weighted by molar-refractivity contribution is 7.99. The summed E-state index contributed by atoms with van der Waals surface area (Å²) in [6.07, 6.45) is 7.31. The van der Waals surface area contributed by atoms with Crippen LogP contribution >= 0.6 is 11.8 Å². The molecule has 0 aromatic carbocycles. The molecule has 0 amide bonds. The van der Waals surface area contributed by atoms with Crippen LogP contribution in [0.1, 0.15) is 39.0 Å². The Morgan fingerprint density at radius 2 is 2.07 bits per heavy atom. The first-order valence-electron chi connectivity index (χ1n) is 6.17. The first kappa shape index (κ1) is 10.8. The second kappa shape index (κ2) is 5.41. The molecule has 0 spiro atoms. The zero-order valence-electron chi connectivity index (χ0n) is 9.30. The Hall–Kier alpha value is 0.310. The van der Waals surface area contributed by atoms with Gasteiger partial charge in [-0.1, -0.05) is 12.8 Å². The van der Waals surface area contributed by atoms with E-state index >= 15 is 0 Å². The summed E-state index contributed by atoms with van der Waals surface area (Å²) < 4.78 is 0. The molecule has 1 saturated carbocycles. The molecule has 14 heavy (non-hydrogen) atoms. The normalized spacial score (nSPS) is 31.1. The van der Waals surface area contributed by atoms with E-state index in [9.17, 15) is 0 Å². The predicted octanol–water partition coefficient (Wildman–Crippen LogP) is 2.91. The number of rotatable bonds is 4. The third-order valence-electron chi connectivity index (χ3n) is 3.86. The molecule has 82 valence electrons. The summed E-state index contributed by atoms with van der Waals surface area (Å²) in [5.74, 6) is 4.72. The maximum absolute atomic E-state index is 3.75. The molecule has 1 saturated heterocycles. The van der Waals surface area contributed by atoms with Crippen LogP contribution in [0.15, 0.2) is 0 Å². The fourth-order valence-corrected chi connectivity index (χ4v) is 4.01. The Kier molecular flexibility index (Phi) is 4.18. The van der Waals surface area contributed by atoms with E-state index in [2.05, 4.69) is 24.0 Å². The van der Waals surface area contributed by atoms with Crippen LogP contribution in [0.5, 0.6) is 0 Å². The Morgan fingerprint density at radius 1 is 1.29 bits per heavy atom. The fraction of sp³-hybridized carbons (Fsp3) is 1.00. The van der Waals surface area contributed by atoms with Crippen LogP contribution in [0.25, 0.3) is 0 Å². The summed E-state index contributed by atoms with van der Waals surface area (Å²) in [7, 11) is 0. The summed E-state index contributed by atoms with van der Waals surface area (Å²) in [6, 6.07) is 0.767. The van der Waals surface area contributed by atoms with Gasteiger partial charge in [-0.05, 0) is 56.1 Å². The van der Waals surface area contributed by atoms with E-state index < -0.39 is 0 Å². The Balaban J connectivity index is 1.63. The minimum Gasteiger partial charge on any atom is -0.314 e. The van der Waals surface area contributed by atoms with Gasteiger partial charge in [0.25, 0.3) is 0 Å². The van der Waals surface area contributed by atoms with Crippen LogP contribution < -0.4 is 5.32 Å². The lowest BCUT2D eigenvalue weighted by atomic mass is 9.99. The quantitative estimate of drug-likeness (QED) is 0.770. The summed E-state index contributed by atoms with van der Waals surface area (Å²) in [6.45, 7) is 3.66. The minimum absolute atomic E-state index is 0.767. The van der Waals surface area contributed by atoms with E-state index in [0.29, 0.717) is 0 Å². The maximum Gasteiger partial charge on any atom is 0.00671 e. The number of thioether (sulfide) groups is 1. The monoisotopic (exact) mass is 213 g/mol. The van der Waals surface area contributed by atoms with Crippen molar-refractivity contribution in [1.29, 1.82) is 0 Å². The van der Waals surface area contributed by atoms with Crippen LogP contribution in [0.2, 0.25) is 0 Å². The lowest BCUT2D eigenvalue weighted by Crippen LogP contribution is -2.35. The van der Waals surface area contributed by atoms with Gasteiger partial charge in [0.2, 0.25) is 0 Å². The molecule has 2 aliphatic rings. The summed E-state index contributed by atoms with van der Waals surface area (Å²) in [5, 5.41) is 3.75. The van der Waals surface area contributed by atoms with Crippen molar-refractivity contribution in [3.8, 4) is 0 Å². The average Bonchev–Trinajstić information content (AvgIpc) is 2.87. The van der Waals surface area contributed by atoms with E-state index in [1.54, 1.807) is 0 Å². The zero-order valence-corrected chi connectivity index (χ0v) is 10.1. The van der Waals surface area contributed by atoms with Crippen LogP contribution in [-0.2, 0) is 0 Å². The Labute approximate surface area is 92.4 Å². The Morgan fingerprint density at radius 3 is 2.71 bits per heavy atom. The molecule has 1 aliphatic heterocycles. The molecule has 1 aliphatic carbocycles. The Bertz CT molecular complexity index is 160. The fourth-order valence-electron chi connectivity index (χ4n) is 2.72. The van der Waals surface area contributed by atoms with Crippen molar-refractivity contribution < 1.29 is 0 Å². The molecule has 1 heterocycles. The van der Waals surface area contributed by atoms with Gasteiger partial charge in [0.05, 0.1) is 0 Å². The number of hydrogen-bond acceptors (Lipinski definition) is 2. The molecule has 2 unspecified atom stereocenters. The second-order valence-electron chi connectivity index (χ2n) is 4.97. The highest BCUT2D eigenvalue weighted by Gasteiger charge is 2.22. The van der Waals surface area contributed by atoms with Gasteiger partial charge in [-0.2, -0.15) is 11.8 Å². The minimum atomic E-state index is 0.767. The van der Waals surface area contributed by atoms with Crippen molar-refractivity contribution in [2.24, 2.45) is 11.8 Å². The molecule has 0 radical (unpaired) electrons. The zero-order chi connectivity index (χ0) is 9.80. The standard InChI is InChI=1S/C12H23NS/c1-10(12-4-2-3-5-12)13-8-11-6-7-14-9-11/h10-13H,2-9H2,1H3. The summed E-state index contributed by atoms with van der Waals surface area (Å²) >= 11 is 2.13. The van der Waals surface area contributed by atoms with Crippen molar-refractivity contribution in [2.75, 3.05) is 18.1 Å². The smallest absolute Gasteiger partial charge is 0.00671 e. The van der Waals surface area contributed by atoms with E-state index in [-0.39, 0.29) is 0 Å². The van der Waals surface area contributed by atoms with E-state index in [1.807, 2.05) is 0 Å². The van der Waals surface area contributed by atoms with Gasteiger partial charge in [0.1, 0.15) is 0 Å². The molecular weight excluding hydrogens is 190 g/mol. The maximum atomic E-state index is 3.75. The van der Waals surface area contributed by atoms with Gasteiger partial charge in [-0.25, -0.2) is 0 Å². The molecule has 2 atom stereocenters. The van der Waals surface area contributed by atoms with Crippen LogP contribution in [0.3, 0.4) is 0 Å². The van der Waals surface area contributed by atoms with Crippen molar-refractivity contribution in [3.05, 3.63) is 0 Å². The molecule has 0 bridgehead atoms. The molecule has 1 nitrogen and oxygen atoms in total. The van der Waals surface area contributed by atoms with Gasteiger partial charge >= 0.3 is 0 Å². The number of nitrogens with one attached hydrogen (secondary N) is 1.